The van der Waals surface area contributed by atoms with Crippen molar-refractivity contribution in [2.75, 3.05) is 13.7 Å². The van der Waals surface area contributed by atoms with Gasteiger partial charge in [-0.15, -0.1) is 0 Å². The van der Waals surface area contributed by atoms with Gasteiger partial charge in [0.05, 0.1) is 19.4 Å². The number of hydrogen-bond acceptors (Lipinski definition) is 4. The molecule has 1 heterocycles. The summed E-state index contributed by atoms with van der Waals surface area (Å²) in [5.41, 5.74) is 0. The van der Waals surface area contributed by atoms with E-state index in [1.165, 1.54) is 20.0 Å². The molecule has 3 atom stereocenters. The van der Waals surface area contributed by atoms with Crippen molar-refractivity contribution >= 4 is 11.9 Å². The summed E-state index contributed by atoms with van der Waals surface area (Å²) in [5, 5.41) is 6.45. The molecule has 5 nitrogen and oxygen atoms in total. The number of carbonyl (C=O) groups excluding carboxylic acids is 2. The number of fused-ring (bicyclic) bond motifs is 1. The van der Waals surface area contributed by atoms with Crippen LogP contribution in [0.25, 0.3) is 0 Å². The van der Waals surface area contributed by atoms with Crippen LogP contribution in [0, 0.1) is 5.92 Å². The zero-order chi connectivity index (χ0) is 12.3. The molecule has 1 amide bonds. The first-order valence-corrected chi connectivity index (χ1v) is 6.31. The van der Waals surface area contributed by atoms with Gasteiger partial charge in [0, 0.05) is 18.6 Å². The summed E-state index contributed by atoms with van der Waals surface area (Å²) in [4.78, 5) is 23.2. The van der Waals surface area contributed by atoms with E-state index in [0.717, 1.165) is 12.8 Å². The minimum Gasteiger partial charge on any atom is -0.469 e. The number of ether oxygens (including phenoxy) is 1. The van der Waals surface area contributed by atoms with E-state index in [1.807, 2.05) is 0 Å². The Morgan fingerprint density at radius 3 is 2.76 bits per heavy atom. The third-order valence-corrected chi connectivity index (χ3v) is 3.73. The van der Waals surface area contributed by atoms with Gasteiger partial charge in [-0.1, -0.05) is 12.8 Å². The molecule has 1 aliphatic carbocycles. The van der Waals surface area contributed by atoms with Crippen LogP contribution < -0.4 is 10.6 Å². The Balaban J connectivity index is 1.97. The molecule has 2 aliphatic rings. The molecule has 0 radical (unpaired) electrons. The normalized spacial score (nSPS) is 33.2. The van der Waals surface area contributed by atoms with Gasteiger partial charge in [0.25, 0.3) is 0 Å². The Bertz CT molecular complexity index is 306. The van der Waals surface area contributed by atoms with Gasteiger partial charge >= 0.3 is 5.97 Å². The second-order valence-corrected chi connectivity index (χ2v) is 4.89. The van der Waals surface area contributed by atoms with Gasteiger partial charge in [-0.05, 0) is 12.8 Å². The summed E-state index contributed by atoms with van der Waals surface area (Å²) >= 11 is 0. The number of methoxy groups -OCH3 is 1. The molecule has 17 heavy (non-hydrogen) atoms. The van der Waals surface area contributed by atoms with Gasteiger partial charge in [0.1, 0.15) is 0 Å². The largest absolute Gasteiger partial charge is 0.469 e. The molecule has 2 fully saturated rings. The van der Waals surface area contributed by atoms with E-state index in [-0.39, 0.29) is 30.3 Å². The van der Waals surface area contributed by atoms with Crippen molar-refractivity contribution in [3.8, 4) is 0 Å². The van der Waals surface area contributed by atoms with Gasteiger partial charge in [0.15, 0.2) is 0 Å². The lowest BCUT2D eigenvalue weighted by Gasteiger charge is -2.30. The van der Waals surface area contributed by atoms with Crippen LogP contribution in [0.3, 0.4) is 0 Å². The summed E-state index contributed by atoms with van der Waals surface area (Å²) in [6.07, 6.45) is 4.69. The lowest BCUT2D eigenvalue weighted by Crippen LogP contribution is -2.48. The van der Waals surface area contributed by atoms with Crippen LogP contribution in [0.5, 0.6) is 0 Å². The van der Waals surface area contributed by atoms with Crippen LogP contribution >= 0.6 is 0 Å². The molecular formula is C12H20N2O3. The first-order chi connectivity index (χ1) is 8.20. The molecule has 0 aromatic heterocycles. The molecule has 96 valence electrons. The topological polar surface area (TPSA) is 67.4 Å². The first kappa shape index (κ1) is 12.4. The van der Waals surface area contributed by atoms with E-state index in [0.29, 0.717) is 12.6 Å². The first-order valence-electron chi connectivity index (χ1n) is 6.31. The highest BCUT2D eigenvalue weighted by molar-refractivity contribution is 5.84. The minimum absolute atomic E-state index is 0.0164. The highest BCUT2D eigenvalue weighted by atomic mass is 16.5. The Kier molecular flexibility index (Phi) is 3.99. The van der Waals surface area contributed by atoms with Crippen LogP contribution in [-0.2, 0) is 14.3 Å². The van der Waals surface area contributed by atoms with Crippen molar-refractivity contribution in [3.63, 3.8) is 0 Å². The van der Waals surface area contributed by atoms with Crippen molar-refractivity contribution in [2.24, 2.45) is 5.92 Å². The average Bonchev–Trinajstić information content (AvgIpc) is 2.49. The van der Waals surface area contributed by atoms with Gasteiger partial charge in [-0.2, -0.15) is 0 Å². The SMILES string of the molecule is COC(=O)C[C@@H]1CN[C@@H]2CCCC[C@H]2NC1=O. The van der Waals surface area contributed by atoms with E-state index in [9.17, 15) is 9.59 Å². The van der Waals surface area contributed by atoms with Gasteiger partial charge in [-0.3, -0.25) is 9.59 Å². The highest BCUT2D eigenvalue weighted by Crippen LogP contribution is 2.21. The molecule has 1 saturated carbocycles. The predicted molar refractivity (Wildman–Crippen MR) is 62.3 cm³/mol. The summed E-state index contributed by atoms with van der Waals surface area (Å²) in [6, 6.07) is 0.606. The molecule has 0 unspecified atom stereocenters. The van der Waals surface area contributed by atoms with Crippen molar-refractivity contribution in [1.82, 2.24) is 10.6 Å². The van der Waals surface area contributed by atoms with Crippen molar-refractivity contribution < 1.29 is 14.3 Å². The maximum atomic E-state index is 12.0. The fraction of sp³-hybridized carbons (Fsp3) is 0.833. The number of hydrogen-bond donors (Lipinski definition) is 2. The quantitative estimate of drug-likeness (QED) is 0.676. The molecule has 1 saturated heterocycles. The van der Waals surface area contributed by atoms with Gasteiger partial charge in [0.2, 0.25) is 5.91 Å². The smallest absolute Gasteiger partial charge is 0.306 e. The third-order valence-electron chi connectivity index (χ3n) is 3.73. The molecular weight excluding hydrogens is 220 g/mol. The fourth-order valence-electron chi connectivity index (χ4n) is 2.68. The second-order valence-electron chi connectivity index (χ2n) is 4.89. The number of amides is 1. The molecule has 0 spiro atoms. The van der Waals surface area contributed by atoms with Crippen LogP contribution in [-0.4, -0.2) is 37.6 Å². The Hall–Kier alpha value is -1.10. The molecule has 2 N–H and O–H groups in total. The van der Waals surface area contributed by atoms with Crippen molar-refractivity contribution in [3.05, 3.63) is 0 Å². The summed E-state index contributed by atoms with van der Waals surface area (Å²) < 4.78 is 4.61. The zero-order valence-electron chi connectivity index (χ0n) is 10.2. The van der Waals surface area contributed by atoms with Crippen LogP contribution in [0.15, 0.2) is 0 Å². The van der Waals surface area contributed by atoms with Crippen LogP contribution in [0.2, 0.25) is 0 Å². The molecule has 2 rings (SSSR count). The second kappa shape index (κ2) is 5.49. The third kappa shape index (κ3) is 2.97. The zero-order valence-corrected chi connectivity index (χ0v) is 10.2. The number of carbonyl (C=O) groups is 2. The number of rotatable bonds is 2. The van der Waals surface area contributed by atoms with E-state index >= 15 is 0 Å². The van der Waals surface area contributed by atoms with Gasteiger partial charge in [-0.25, -0.2) is 0 Å². The molecule has 0 bridgehead atoms. The maximum absolute atomic E-state index is 12.0. The lowest BCUT2D eigenvalue weighted by molar-refractivity contribution is -0.144. The Morgan fingerprint density at radius 1 is 1.35 bits per heavy atom. The average molecular weight is 240 g/mol. The lowest BCUT2D eigenvalue weighted by atomic mass is 9.91. The summed E-state index contributed by atoms with van der Waals surface area (Å²) in [7, 11) is 1.35. The van der Waals surface area contributed by atoms with Crippen molar-refractivity contribution in [2.45, 2.75) is 44.2 Å². The molecule has 0 aromatic rings. The minimum atomic E-state index is -0.322. The molecule has 1 aliphatic heterocycles. The molecule has 0 aromatic carbocycles. The number of nitrogens with one attached hydrogen (secondary N) is 2. The Labute approximate surface area is 101 Å². The Morgan fingerprint density at radius 2 is 2.06 bits per heavy atom. The van der Waals surface area contributed by atoms with Gasteiger partial charge < -0.3 is 15.4 Å². The van der Waals surface area contributed by atoms with Crippen molar-refractivity contribution in [1.29, 1.82) is 0 Å². The van der Waals surface area contributed by atoms with E-state index in [4.69, 9.17) is 0 Å². The van der Waals surface area contributed by atoms with Crippen LogP contribution in [0.4, 0.5) is 0 Å². The summed E-state index contributed by atoms with van der Waals surface area (Å²) in [5.74, 6) is -0.637. The predicted octanol–water partition coefficient (Wildman–Crippen LogP) is 0.196. The monoisotopic (exact) mass is 240 g/mol. The van der Waals surface area contributed by atoms with E-state index < -0.39 is 0 Å². The van der Waals surface area contributed by atoms with E-state index in [2.05, 4.69) is 15.4 Å². The van der Waals surface area contributed by atoms with Crippen LogP contribution in [0.1, 0.15) is 32.1 Å². The summed E-state index contributed by atoms with van der Waals surface area (Å²) in [6.45, 7) is 0.572. The van der Waals surface area contributed by atoms with E-state index in [1.54, 1.807) is 0 Å². The standard InChI is InChI=1S/C12H20N2O3/c1-17-11(15)6-8-7-13-9-4-2-3-5-10(9)14-12(8)16/h8-10,13H,2-7H2,1H3,(H,14,16)/t8-,9-,10-/m1/s1. The fourth-order valence-corrected chi connectivity index (χ4v) is 2.68. The number of esters is 1. The highest BCUT2D eigenvalue weighted by Gasteiger charge is 2.33. The molecule has 5 heteroatoms. The maximum Gasteiger partial charge on any atom is 0.306 e.